The summed E-state index contributed by atoms with van der Waals surface area (Å²) in [4.78, 5) is 16.9. The quantitative estimate of drug-likeness (QED) is 0.0712. The molecule has 0 unspecified atom stereocenters. The SMILES string of the molecule is O=C1OC2(c3ccc(O)cc3Oc3cc(O)ccc32)c2cccc(N=C=S)c21.OCCOCCOCCOCCOCCOCCO. The maximum atomic E-state index is 12.9. The Morgan fingerprint density at radius 1 is 0.681 bits per heavy atom. The topological polar surface area (TPSA) is 175 Å². The molecular weight excluding hydrogens is 634 g/mol. The van der Waals surface area contributed by atoms with Crippen LogP contribution in [0.25, 0.3) is 0 Å². The van der Waals surface area contributed by atoms with Gasteiger partial charge in [-0.05, 0) is 42.5 Å². The second-order valence-electron chi connectivity index (χ2n) is 9.95. The highest BCUT2D eigenvalue weighted by atomic mass is 32.1. The number of fused-ring (bicyclic) bond motifs is 6. The van der Waals surface area contributed by atoms with E-state index in [0.29, 0.717) is 106 Å². The summed E-state index contributed by atoms with van der Waals surface area (Å²) in [6.45, 7) is 4.80. The number of thiocarbonyl (C=S) groups is 1. The van der Waals surface area contributed by atoms with Gasteiger partial charge in [-0.2, -0.15) is 4.99 Å². The number of ether oxygens (including phenoxy) is 7. The second kappa shape index (κ2) is 18.4. The van der Waals surface area contributed by atoms with Gasteiger partial charge in [0.25, 0.3) is 0 Å². The van der Waals surface area contributed by atoms with Crippen LogP contribution in [0.2, 0.25) is 0 Å². The van der Waals surface area contributed by atoms with E-state index in [1.807, 2.05) is 0 Å². The zero-order valence-corrected chi connectivity index (χ0v) is 26.4. The summed E-state index contributed by atoms with van der Waals surface area (Å²) >= 11 is 4.70. The number of aliphatic hydroxyl groups is 2. The van der Waals surface area contributed by atoms with Gasteiger partial charge in [-0.1, -0.05) is 12.1 Å². The fraction of sp³-hybridized carbons (Fsp3) is 0.394. The average molecular weight is 672 g/mol. The van der Waals surface area contributed by atoms with Crippen molar-refractivity contribution < 1.29 is 58.4 Å². The number of rotatable bonds is 17. The maximum Gasteiger partial charge on any atom is 0.342 e. The summed E-state index contributed by atoms with van der Waals surface area (Å²) in [5, 5.41) is 39.0. The van der Waals surface area contributed by atoms with Crippen LogP contribution in [0.15, 0.2) is 59.6 Å². The fourth-order valence-electron chi connectivity index (χ4n) is 4.98. The van der Waals surface area contributed by atoms with Gasteiger partial charge in [-0.15, -0.1) is 0 Å². The summed E-state index contributed by atoms with van der Waals surface area (Å²) in [5.41, 5.74) is 1.04. The lowest BCUT2D eigenvalue weighted by molar-refractivity contribution is -0.0151. The van der Waals surface area contributed by atoms with Crippen molar-refractivity contribution in [3.05, 3.63) is 76.9 Å². The summed E-state index contributed by atoms with van der Waals surface area (Å²) in [5.74, 6) is 0.0896. The van der Waals surface area contributed by atoms with Crippen molar-refractivity contribution >= 4 is 29.0 Å². The largest absolute Gasteiger partial charge is 0.508 e. The Labute approximate surface area is 276 Å². The van der Waals surface area contributed by atoms with Crippen LogP contribution in [0.4, 0.5) is 5.69 Å². The van der Waals surface area contributed by atoms with Gasteiger partial charge >= 0.3 is 5.97 Å². The number of aromatic hydroxyl groups is 2. The summed E-state index contributed by atoms with van der Waals surface area (Å²) < 4.78 is 37.7. The Morgan fingerprint density at radius 3 is 1.60 bits per heavy atom. The molecule has 252 valence electrons. The van der Waals surface area contributed by atoms with Gasteiger partial charge in [0.15, 0.2) is 5.60 Å². The van der Waals surface area contributed by atoms with E-state index in [2.05, 4.69) is 10.2 Å². The molecule has 3 aromatic carbocycles. The Morgan fingerprint density at radius 2 is 1.15 bits per heavy atom. The smallest absolute Gasteiger partial charge is 0.342 e. The van der Waals surface area contributed by atoms with Crippen molar-refractivity contribution in [2.24, 2.45) is 4.99 Å². The first-order valence-electron chi connectivity index (χ1n) is 14.9. The van der Waals surface area contributed by atoms with Crippen molar-refractivity contribution in [3.8, 4) is 23.0 Å². The number of carbonyl (C=O) groups is 1. The minimum Gasteiger partial charge on any atom is -0.508 e. The summed E-state index contributed by atoms with van der Waals surface area (Å²) in [7, 11) is 0. The third-order valence-electron chi connectivity index (χ3n) is 6.91. The number of isothiocyanates is 1. The van der Waals surface area contributed by atoms with Gasteiger partial charge in [0.2, 0.25) is 0 Å². The zero-order chi connectivity index (χ0) is 33.5. The van der Waals surface area contributed by atoms with Gasteiger partial charge in [0.05, 0.1) is 95.7 Å². The van der Waals surface area contributed by atoms with Gasteiger partial charge in [-0.3, -0.25) is 0 Å². The van der Waals surface area contributed by atoms with E-state index in [-0.39, 0.29) is 24.7 Å². The second-order valence-corrected chi connectivity index (χ2v) is 10.1. The Bertz CT molecular complexity index is 1460. The van der Waals surface area contributed by atoms with Crippen molar-refractivity contribution in [2.75, 3.05) is 79.3 Å². The van der Waals surface area contributed by atoms with Gasteiger partial charge in [-0.25, -0.2) is 4.79 Å². The molecule has 3 aromatic rings. The van der Waals surface area contributed by atoms with E-state index in [0.717, 1.165) is 0 Å². The highest BCUT2D eigenvalue weighted by molar-refractivity contribution is 7.78. The minimum absolute atomic E-state index is 0.00103. The first-order valence-corrected chi connectivity index (χ1v) is 15.3. The predicted molar refractivity (Wildman–Crippen MR) is 171 cm³/mol. The van der Waals surface area contributed by atoms with Crippen LogP contribution < -0.4 is 4.74 Å². The molecule has 13 nitrogen and oxygen atoms in total. The monoisotopic (exact) mass is 671 g/mol. The van der Waals surface area contributed by atoms with Crippen molar-refractivity contribution in [3.63, 3.8) is 0 Å². The van der Waals surface area contributed by atoms with E-state index in [4.69, 9.17) is 55.6 Å². The van der Waals surface area contributed by atoms with E-state index in [9.17, 15) is 15.0 Å². The lowest BCUT2D eigenvalue weighted by Gasteiger charge is -2.36. The van der Waals surface area contributed by atoms with Gasteiger partial charge in [0.1, 0.15) is 23.0 Å². The summed E-state index contributed by atoms with van der Waals surface area (Å²) in [6, 6.07) is 14.4. The van der Waals surface area contributed by atoms with E-state index in [1.165, 1.54) is 24.3 Å². The molecule has 2 aliphatic rings. The third kappa shape index (κ3) is 9.11. The van der Waals surface area contributed by atoms with E-state index >= 15 is 0 Å². The first-order chi connectivity index (χ1) is 23.0. The number of hydrogen-bond acceptors (Lipinski definition) is 14. The molecular formula is C33H37NO12S. The number of hydrogen-bond donors (Lipinski definition) is 4. The molecule has 2 aliphatic heterocycles. The standard InChI is InChI=1S/C21H11NO5S.C12H26O7/c23-11-4-6-13-17(8-11)26-18-9-12(24)5-7-14(18)21(13)15-2-1-3-16(22-10-28)19(15)20(25)27-21;13-1-3-15-5-7-17-9-11-19-12-10-18-8-6-16-4-2-14/h1-9,23-24H;13-14H,1-12H2. The molecule has 1 spiro atoms. The summed E-state index contributed by atoms with van der Waals surface area (Å²) in [6.07, 6.45) is 0. The number of aliphatic hydroxyl groups excluding tert-OH is 2. The molecule has 5 rings (SSSR count). The number of esters is 1. The molecule has 4 N–H and O–H groups in total. The molecule has 0 bridgehead atoms. The fourth-order valence-corrected chi connectivity index (χ4v) is 5.08. The molecule has 0 amide bonds. The molecule has 14 heteroatoms. The van der Waals surface area contributed by atoms with Gasteiger partial charge < -0.3 is 53.6 Å². The molecule has 0 fully saturated rings. The Balaban J connectivity index is 0.000000233. The van der Waals surface area contributed by atoms with Crippen molar-refractivity contribution in [1.29, 1.82) is 0 Å². The molecule has 0 saturated carbocycles. The number of nitrogens with zero attached hydrogens (tertiary/aromatic N) is 1. The Hall–Kier alpha value is -3.95. The Kier molecular flexibility index (Phi) is 14.1. The normalized spacial score (nSPS) is 13.4. The number of phenols is 2. The molecule has 2 heterocycles. The van der Waals surface area contributed by atoms with Crippen LogP contribution in [0, 0.1) is 0 Å². The van der Waals surface area contributed by atoms with Crippen LogP contribution in [0.1, 0.15) is 27.0 Å². The lowest BCUT2D eigenvalue weighted by Crippen LogP contribution is -2.32. The molecule has 0 aromatic heterocycles. The van der Waals surface area contributed by atoms with Crippen molar-refractivity contribution in [1.82, 2.24) is 0 Å². The molecule has 0 radical (unpaired) electrons. The average Bonchev–Trinajstić information content (AvgIpc) is 3.36. The van der Waals surface area contributed by atoms with Crippen molar-refractivity contribution in [2.45, 2.75) is 5.60 Å². The van der Waals surface area contributed by atoms with Crippen LogP contribution in [0.3, 0.4) is 0 Å². The minimum atomic E-state index is -1.30. The maximum absolute atomic E-state index is 12.9. The lowest BCUT2D eigenvalue weighted by atomic mass is 9.77. The van der Waals surface area contributed by atoms with E-state index < -0.39 is 11.6 Å². The predicted octanol–water partition coefficient (Wildman–Crippen LogP) is 3.45. The highest BCUT2D eigenvalue weighted by Crippen LogP contribution is 2.57. The molecule has 0 atom stereocenters. The number of phenolic OH excluding ortho intramolecular Hbond substituents is 2. The first kappa shape index (κ1) is 35.9. The molecule has 0 saturated heterocycles. The van der Waals surface area contributed by atoms with Gasteiger partial charge in [0, 0.05) is 28.8 Å². The van der Waals surface area contributed by atoms with E-state index in [1.54, 1.807) is 30.3 Å². The molecule has 47 heavy (non-hydrogen) atoms. The third-order valence-corrected chi connectivity index (χ3v) is 7.00. The number of benzene rings is 3. The number of carbonyl (C=O) groups excluding carboxylic acids is 1. The highest BCUT2D eigenvalue weighted by Gasteiger charge is 2.54. The number of aliphatic imine (C=N–C) groups is 1. The van der Waals surface area contributed by atoms with Crippen LogP contribution >= 0.6 is 12.2 Å². The van der Waals surface area contributed by atoms with Crippen LogP contribution in [0.5, 0.6) is 23.0 Å². The van der Waals surface area contributed by atoms with Crippen LogP contribution in [-0.4, -0.2) is 111 Å². The molecule has 0 aliphatic carbocycles. The van der Waals surface area contributed by atoms with Crippen LogP contribution in [-0.2, 0) is 34.0 Å². The zero-order valence-electron chi connectivity index (χ0n) is 25.6.